The zero-order valence-electron chi connectivity index (χ0n) is 9.10. The average Bonchev–Trinajstić information content (AvgIpc) is 2.30. The molecule has 0 unspecified atom stereocenters. The lowest BCUT2D eigenvalue weighted by Gasteiger charge is -2.06. The quantitative estimate of drug-likeness (QED) is 0.823. The summed E-state index contributed by atoms with van der Waals surface area (Å²) in [5, 5.41) is 8.86. The highest BCUT2D eigenvalue weighted by Crippen LogP contribution is 2.18. The average molecular weight is 243 g/mol. The van der Waals surface area contributed by atoms with Crippen LogP contribution in [0.25, 0.3) is 0 Å². The van der Waals surface area contributed by atoms with Gasteiger partial charge in [-0.25, -0.2) is 0 Å². The van der Waals surface area contributed by atoms with E-state index in [0.29, 0.717) is 17.0 Å². The lowest BCUT2D eigenvalue weighted by Crippen LogP contribution is -1.97. The largest absolute Gasteiger partial charge is 0.426 e. The van der Waals surface area contributed by atoms with E-state index >= 15 is 0 Å². The molecule has 0 aliphatic rings. The van der Waals surface area contributed by atoms with Gasteiger partial charge in [0.15, 0.2) is 4.64 Å². The molecule has 17 heavy (non-hydrogen) atoms. The van der Waals surface area contributed by atoms with Gasteiger partial charge in [-0.3, -0.25) is 0 Å². The predicted molar refractivity (Wildman–Crippen MR) is 65.4 cm³/mol. The molecule has 0 aliphatic carbocycles. The molecule has 84 valence electrons. The summed E-state index contributed by atoms with van der Waals surface area (Å²) in [7, 11) is 0. The number of nitriles is 1. The maximum atomic E-state index is 8.86. The fourth-order valence-electron chi connectivity index (χ4n) is 1.34. The number of aryl methyl sites for hydroxylation is 1. The van der Waals surface area contributed by atoms with Crippen LogP contribution in [-0.2, 0) is 0 Å². The van der Waals surface area contributed by atoms with Gasteiger partial charge in [-0.05, 0) is 19.1 Å². The van der Waals surface area contributed by atoms with E-state index < -0.39 is 0 Å². The molecular formula is C12H9N3OS. The number of rotatable bonds is 2. The molecule has 0 spiro atoms. The molecule has 1 heterocycles. The minimum absolute atomic E-state index is 0.245. The summed E-state index contributed by atoms with van der Waals surface area (Å²) in [5.74, 6) is 0.662. The first-order chi connectivity index (χ1) is 8.20. The van der Waals surface area contributed by atoms with E-state index in [2.05, 4.69) is 9.97 Å². The second-order valence-electron chi connectivity index (χ2n) is 3.37. The van der Waals surface area contributed by atoms with Crippen LogP contribution in [0.5, 0.6) is 11.8 Å². The Morgan fingerprint density at radius 2 is 2.06 bits per heavy atom. The van der Waals surface area contributed by atoms with Crippen molar-refractivity contribution < 1.29 is 4.74 Å². The highest BCUT2D eigenvalue weighted by molar-refractivity contribution is 7.71. The molecule has 0 atom stereocenters. The molecule has 1 aromatic heterocycles. The van der Waals surface area contributed by atoms with E-state index in [-0.39, 0.29) is 10.7 Å². The second-order valence-corrected chi connectivity index (χ2v) is 3.76. The van der Waals surface area contributed by atoms with Crippen molar-refractivity contribution in [1.29, 1.82) is 5.26 Å². The zero-order chi connectivity index (χ0) is 12.3. The van der Waals surface area contributed by atoms with Crippen molar-refractivity contribution in [2.45, 2.75) is 6.92 Å². The van der Waals surface area contributed by atoms with Crippen LogP contribution < -0.4 is 4.74 Å². The molecule has 0 saturated carbocycles. The number of para-hydroxylation sites is 1. The van der Waals surface area contributed by atoms with E-state index in [0.717, 1.165) is 0 Å². The lowest BCUT2D eigenvalue weighted by atomic mass is 10.3. The van der Waals surface area contributed by atoms with Crippen LogP contribution in [0.4, 0.5) is 0 Å². The van der Waals surface area contributed by atoms with Crippen LogP contribution in [0.1, 0.15) is 11.3 Å². The number of aromatic amines is 1. The lowest BCUT2D eigenvalue weighted by molar-refractivity contribution is 0.439. The number of benzene rings is 1. The van der Waals surface area contributed by atoms with Crippen molar-refractivity contribution in [1.82, 2.24) is 9.97 Å². The molecule has 1 N–H and O–H groups in total. The van der Waals surface area contributed by atoms with Crippen molar-refractivity contribution in [2.24, 2.45) is 0 Å². The first kappa shape index (κ1) is 11.3. The molecule has 0 amide bonds. The Morgan fingerprint density at radius 1 is 1.35 bits per heavy atom. The van der Waals surface area contributed by atoms with Crippen LogP contribution in [0.3, 0.4) is 0 Å². The molecule has 0 radical (unpaired) electrons. The van der Waals surface area contributed by atoms with Crippen molar-refractivity contribution in [3.8, 4) is 17.8 Å². The summed E-state index contributed by atoms with van der Waals surface area (Å²) < 4.78 is 5.74. The van der Waals surface area contributed by atoms with E-state index in [4.69, 9.17) is 22.2 Å². The van der Waals surface area contributed by atoms with Gasteiger partial charge in [0.2, 0.25) is 0 Å². The third-order valence-electron chi connectivity index (χ3n) is 2.16. The monoisotopic (exact) mass is 243 g/mol. The minimum atomic E-state index is 0.245. The highest BCUT2D eigenvalue weighted by Gasteiger charge is 2.05. The first-order valence-electron chi connectivity index (χ1n) is 4.94. The Balaban J connectivity index is 2.37. The molecule has 2 aromatic rings. The number of nitrogens with zero attached hydrogens (tertiary/aromatic N) is 2. The van der Waals surface area contributed by atoms with E-state index in [1.54, 1.807) is 6.92 Å². The maximum absolute atomic E-state index is 8.86. The highest BCUT2D eigenvalue weighted by atomic mass is 32.1. The van der Waals surface area contributed by atoms with Crippen LogP contribution in [0.15, 0.2) is 30.3 Å². The zero-order valence-corrected chi connectivity index (χ0v) is 9.91. The van der Waals surface area contributed by atoms with Gasteiger partial charge in [0.05, 0.1) is 0 Å². The summed E-state index contributed by atoms with van der Waals surface area (Å²) in [4.78, 5) is 6.91. The summed E-state index contributed by atoms with van der Waals surface area (Å²) >= 11 is 5.01. The topological polar surface area (TPSA) is 61.7 Å². The van der Waals surface area contributed by atoms with Gasteiger partial charge >= 0.3 is 6.01 Å². The maximum Gasteiger partial charge on any atom is 0.300 e. The van der Waals surface area contributed by atoms with Gasteiger partial charge in [-0.1, -0.05) is 30.4 Å². The summed E-state index contributed by atoms with van der Waals surface area (Å²) in [6.45, 7) is 1.76. The van der Waals surface area contributed by atoms with E-state index in [9.17, 15) is 0 Å². The summed E-state index contributed by atoms with van der Waals surface area (Å²) in [5.41, 5.74) is 1.03. The third-order valence-corrected chi connectivity index (χ3v) is 2.45. The van der Waals surface area contributed by atoms with Gasteiger partial charge in [0, 0.05) is 5.69 Å². The van der Waals surface area contributed by atoms with E-state index in [1.807, 2.05) is 36.4 Å². The third kappa shape index (κ3) is 2.49. The Labute approximate surface area is 104 Å². The molecule has 4 nitrogen and oxygen atoms in total. The van der Waals surface area contributed by atoms with E-state index in [1.165, 1.54) is 0 Å². The van der Waals surface area contributed by atoms with Gasteiger partial charge < -0.3 is 9.72 Å². The van der Waals surface area contributed by atoms with Crippen LogP contribution in [0.2, 0.25) is 0 Å². The Morgan fingerprint density at radius 3 is 2.65 bits per heavy atom. The number of nitrogens with one attached hydrogen (secondary N) is 1. The number of aromatic nitrogens is 2. The fourth-order valence-corrected chi connectivity index (χ4v) is 1.62. The Hall–Kier alpha value is -2.19. The summed E-state index contributed by atoms with van der Waals surface area (Å²) in [6.07, 6.45) is 0. The molecule has 0 aliphatic heterocycles. The standard InChI is InChI=1S/C12H9N3OS/c1-8-10(7-13)11(17)15-12(14-8)16-9-5-3-2-4-6-9/h2-6H,1H3,(H,14,15,17). The second kappa shape index (κ2) is 4.76. The minimum Gasteiger partial charge on any atom is -0.426 e. The number of hydrogen-bond donors (Lipinski definition) is 1. The molecular weight excluding hydrogens is 234 g/mol. The molecule has 5 heteroatoms. The molecule has 0 bridgehead atoms. The van der Waals surface area contributed by atoms with Gasteiger partial charge in [0.1, 0.15) is 17.4 Å². The molecule has 2 rings (SSSR count). The van der Waals surface area contributed by atoms with Crippen molar-refractivity contribution in [2.75, 3.05) is 0 Å². The van der Waals surface area contributed by atoms with Crippen LogP contribution in [-0.4, -0.2) is 9.97 Å². The van der Waals surface area contributed by atoms with Crippen LogP contribution >= 0.6 is 12.2 Å². The van der Waals surface area contributed by atoms with Crippen LogP contribution in [0, 0.1) is 22.9 Å². The van der Waals surface area contributed by atoms with Gasteiger partial charge in [0.25, 0.3) is 0 Å². The fraction of sp³-hybridized carbons (Fsp3) is 0.0833. The molecule has 0 fully saturated rings. The van der Waals surface area contributed by atoms with Crippen molar-refractivity contribution in [3.63, 3.8) is 0 Å². The smallest absolute Gasteiger partial charge is 0.300 e. The number of hydrogen-bond acceptors (Lipinski definition) is 4. The first-order valence-corrected chi connectivity index (χ1v) is 5.35. The number of ether oxygens (including phenoxy) is 1. The SMILES string of the molecule is Cc1[nH]c(Oc2ccccc2)nc(=S)c1C#N. The Kier molecular flexibility index (Phi) is 3.17. The molecule has 1 aromatic carbocycles. The van der Waals surface area contributed by atoms with Gasteiger partial charge in [-0.15, -0.1) is 0 Å². The van der Waals surface area contributed by atoms with Crippen molar-refractivity contribution in [3.05, 3.63) is 46.2 Å². The molecule has 0 saturated heterocycles. The van der Waals surface area contributed by atoms with Crippen molar-refractivity contribution >= 4 is 12.2 Å². The predicted octanol–water partition coefficient (Wildman–Crippen LogP) is 3.11. The van der Waals surface area contributed by atoms with Gasteiger partial charge in [-0.2, -0.15) is 10.2 Å². The normalized spacial score (nSPS) is 9.65. The summed E-state index contributed by atoms with van der Waals surface area (Å²) in [6, 6.07) is 11.5. The Bertz CT molecular complexity index is 628. The number of H-pyrrole nitrogens is 1.